The van der Waals surface area contributed by atoms with Crippen molar-refractivity contribution in [2.45, 2.75) is 65.2 Å². The number of thiazole rings is 1. The second-order valence-corrected chi connectivity index (χ2v) is 15.8. The highest BCUT2D eigenvalue weighted by Crippen LogP contribution is 2.39. The van der Waals surface area contributed by atoms with Gasteiger partial charge >= 0.3 is 11.9 Å². The molecule has 0 spiro atoms. The van der Waals surface area contributed by atoms with Gasteiger partial charge in [-0.2, -0.15) is 5.26 Å². The Morgan fingerprint density at radius 2 is 1.45 bits per heavy atom. The number of carboxylic acid groups (broad SMARTS) is 2. The number of aliphatic hydroxyl groups is 2. The smallest absolute Gasteiger partial charge is 0.306 e. The number of benzene rings is 4. The molecular formula is C45H44ClN5O8S. The summed E-state index contributed by atoms with van der Waals surface area (Å²) in [6, 6.07) is 25.5. The summed E-state index contributed by atoms with van der Waals surface area (Å²) < 4.78 is 13.6. The fraction of sp³-hybridized carbons (Fsp3) is 0.267. The van der Waals surface area contributed by atoms with Gasteiger partial charge in [0.15, 0.2) is 0 Å². The van der Waals surface area contributed by atoms with Crippen LogP contribution in [-0.2, 0) is 35.9 Å². The lowest BCUT2D eigenvalue weighted by atomic mass is 9.91. The van der Waals surface area contributed by atoms with E-state index < -0.39 is 30.6 Å². The molecule has 4 aromatic carbocycles. The third-order valence-corrected chi connectivity index (χ3v) is 11.1. The number of hydrogen-bond donors (Lipinski definition) is 6. The van der Waals surface area contributed by atoms with E-state index in [0.29, 0.717) is 39.8 Å². The first-order valence-electron chi connectivity index (χ1n) is 19.1. The standard InChI is InChI=1S/C45H44ClN5O8S/c1-26-31(25-59-41-16-40(58-24-30-11-29(17-47)19-48-20-30)32(13-38(41)46)21-50-23-34(53)15-44(56)57)5-3-6-35(26)36-7-4-8-37(27(36)2)45-51-39-10-9-28(12-42(39)60-45)18-49-22-33(52)14-43(54)55/h3-13,16,19-20,33-34,49-50,52-53H,14-15,18,21-25H2,1-2H3,(H,54,55)(H,56,57). The molecule has 310 valence electrons. The lowest BCUT2D eigenvalue weighted by molar-refractivity contribution is -0.140. The van der Waals surface area contributed by atoms with Crippen LogP contribution in [0.4, 0.5) is 0 Å². The maximum absolute atomic E-state index is 11.0. The van der Waals surface area contributed by atoms with Gasteiger partial charge in [-0.3, -0.25) is 14.6 Å². The molecule has 2 unspecified atom stereocenters. The van der Waals surface area contributed by atoms with Crippen molar-refractivity contribution in [2.75, 3.05) is 13.1 Å². The van der Waals surface area contributed by atoms with E-state index in [2.05, 4.69) is 59.8 Å². The summed E-state index contributed by atoms with van der Waals surface area (Å²) in [5.74, 6) is -1.30. The Balaban J connectivity index is 1.19. The van der Waals surface area contributed by atoms with Crippen LogP contribution in [0.5, 0.6) is 11.5 Å². The number of carbonyl (C=O) groups is 2. The molecule has 13 nitrogen and oxygen atoms in total. The molecule has 15 heteroatoms. The molecule has 6 aromatic rings. The highest BCUT2D eigenvalue weighted by Gasteiger charge is 2.18. The first-order valence-corrected chi connectivity index (χ1v) is 20.3. The number of aliphatic hydroxyl groups excluding tert-OH is 2. The van der Waals surface area contributed by atoms with Crippen molar-refractivity contribution in [3.8, 4) is 39.3 Å². The SMILES string of the molecule is Cc1c(COc2cc(OCc3cncc(C#N)c3)c(CNCC(O)CC(=O)O)cc2Cl)cccc1-c1cccc(-c2nc3ccc(CNCC(O)CC(=O)O)cc3s2)c1C. The molecule has 0 bridgehead atoms. The molecule has 2 aromatic heterocycles. The minimum atomic E-state index is -1.10. The van der Waals surface area contributed by atoms with Crippen LogP contribution in [0.3, 0.4) is 0 Å². The Morgan fingerprint density at radius 3 is 2.17 bits per heavy atom. The zero-order valence-corrected chi connectivity index (χ0v) is 34.5. The number of pyridine rings is 1. The number of ether oxygens (including phenoxy) is 2. The van der Waals surface area contributed by atoms with Gasteiger partial charge in [-0.05, 0) is 71.5 Å². The fourth-order valence-electron chi connectivity index (χ4n) is 6.69. The van der Waals surface area contributed by atoms with Crippen LogP contribution >= 0.6 is 22.9 Å². The summed E-state index contributed by atoms with van der Waals surface area (Å²) in [5, 5.41) is 54.6. The van der Waals surface area contributed by atoms with Gasteiger partial charge in [-0.15, -0.1) is 11.3 Å². The number of halogens is 1. The highest BCUT2D eigenvalue weighted by molar-refractivity contribution is 7.21. The van der Waals surface area contributed by atoms with Gasteiger partial charge < -0.3 is 40.5 Å². The topological polar surface area (TPSA) is 207 Å². The van der Waals surface area contributed by atoms with Gasteiger partial charge in [0, 0.05) is 61.3 Å². The molecular weight excluding hydrogens is 806 g/mol. The van der Waals surface area contributed by atoms with Crippen molar-refractivity contribution in [1.82, 2.24) is 20.6 Å². The van der Waals surface area contributed by atoms with Crippen molar-refractivity contribution >= 4 is 45.1 Å². The molecule has 0 aliphatic carbocycles. The van der Waals surface area contributed by atoms with E-state index in [9.17, 15) is 25.1 Å². The van der Waals surface area contributed by atoms with E-state index >= 15 is 0 Å². The number of aromatic nitrogens is 2. The number of nitrogens with one attached hydrogen (secondary N) is 2. The van der Waals surface area contributed by atoms with E-state index in [4.69, 9.17) is 36.3 Å². The van der Waals surface area contributed by atoms with Crippen molar-refractivity contribution in [2.24, 2.45) is 0 Å². The monoisotopic (exact) mass is 849 g/mol. The summed E-state index contributed by atoms with van der Waals surface area (Å²) >= 11 is 8.37. The molecule has 2 heterocycles. The number of rotatable bonds is 20. The number of aliphatic carboxylic acids is 2. The van der Waals surface area contributed by atoms with Crippen LogP contribution in [0, 0.1) is 25.2 Å². The highest BCUT2D eigenvalue weighted by atomic mass is 35.5. The van der Waals surface area contributed by atoms with Gasteiger partial charge in [-0.1, -0.05) is 54.1 Å². The zero-order valence-electron chi connectivity index (χ0n) is 32.9. The van der Waals surface area contributed by atoms with Crippen LogP contribution in [0.25, 0.3) is 31.9 Å². The lowest BCUT2D eigenvalue weighted by Crippen LogP contribution is -2.28. The van der Waals surface area contributed by atoms with E-state index in [1.165, 1.54) is 6.20 Å². The maximum atomic E-state index is 11.0. The quantitative estimate of drug-likeness (QED) is 0.0451. The van der Waals surface area contributed by atoms with Crippen molar-refractivity contribution in [3.63, 3.8) is 0 Å². The molecule has 0 radical (unpaired) electrons. The molecule has 0 fully saturated rings. The number of hydrogen-bond acceptors (Lipinski definition) is 12. The summed E-state index contributed by atoms with van der Waals surface area (Å²) in [6.45, 7) is 5.39. The van der Waals surface area contributed by atoms with Crippen molar-refractivity contribution in [3.05, 3.63) is 129 Å². The Hall–Kier alpha value is -5.92. The van der Waals surface area contributed by atoms with Crippen molar-refractivity contribution < 1.29 is 39.5 Å². The van der Waals surface area contributed by atoms with Gasteiger partial charge in [0.05, 0.1) is 45.9 Å². The predicted octanol–water partition coefficient (Wildman–Crippen LogP) is 7.18. The zero-order chi connectivity index (χ0) is 42.8. The molecule has 6 rings (SSSR count). The number of carboxylic acids is 2. The maximum Gasteiger partial charge on any atom is 0.306 e. The average Bonchev–Trinajstić information content (AvgIpc) is 3.63. The fourth-order valence-corrected chi connectivity index (χ4v) is 8.05. The number of fused-ring (bicyclic) bond motifs is 1. The Labute approximate surface area is 355 Å². The van der Waals surface area contributed by atoms with Crippen LogP contribution in [-0.4, -0.2) is 67.6 Å². The molecule has 60 heavy (non-hydrogen) atoms. The molecule has 0 saturated carbocycles. The molecule has 6 N–H and O–H groups in total. The number of nitrogens with zero attached hydrogens (tertiary/aromatic N) is 3. The summed E-state index contributed by atoms with van der Waals surface area (Å²) in [6.07, 6.45) is 0.340. The molecule has 2 atom stereocenters. The molecule has 0 aliphatic heterocycles. The Bertz CT molecular complexity index is 2540. The van der Waals surface area contributed by atoms with E-state index in [-0.39, 0.29) is 39.3 Å². The third kappa shape index (κ3) is 11.4. The van der Waals surface area contributed by atoms with Gasteiger partial charge in [0.1, 0.15) is 35.8 Å². The van der Waals surface area contributed by atoms with E-state index in [0.717, 1.165) is 54.2 Å². The second kappa shape index (κ2) is 20.4. The number of nitriles is 1. The van der Waals surface area contributed by atoms with E-state index in [1.54, 1.807) is 35.7 Å². The van der Waals surface area contributed by atoms with Gasteiger partial charge in [-0.25, -0.2) is 4.98 Å². The normalized spacial score (nSPS) is 12.2. The Morgan fingerprint density at radius 1 is 0.783 bits per heavy atom. The summed E-state index contributed by atoms with van der Waals surface area (Å²) in [4.78, 5) is 30.9. The Kier molecular flexibility index (Phi) is 14.8. The first-order chi connectivity index (χ1) is 28.9. The van der Waals surface area contributed by atoms with E-state index in [1.807, 2.05) is 30.3 Å². The van der Waals surface area contributed by atoms with Crippen LogP contribution in [0.2, 0.25) is 5.02 Å². The predicted molar refractivity (Wildman–Crippen MR) is 229 cm³/mol. The van der Waals surface area contributed by atoms with Gasteiger partial charge in [0.25, 0.3) is 0 Å². The summed E-state index contributed by atoms with van der Waals surface area (Å²) in [7, 11) is 0. The largest absolute Gasteiger partial charge is 0.488 e. The minimum Gasteiger partial charge on any atom is -0.488 e. The minimum absolute atomic E-state index is 0.0417. The second-order valence-electron chi connectivity index (χ2n) is 14.3. The van der Waals surface area contributed by atoms with Crippen LogP contribution < -0.4 is 20.1 Å². The van der Waals surface area contributed by atoms with Crippen LogP contribution in [0.15, 0.2) is 85.2 Å². The molecule has 0 saturated heterocycles. The average molecular weight is 850 g/mol. The first kappa shape index (κ1) is 43.7. The summed E-state index contributed by atoms with van der Waals surface area (Å²) in [5.41, 5.74) is 9.81. The lowest BCUT2D eigenvalue weighted by Gasteiger charge is -2.18. The van der Waals surface area contributed by atoms with Gasteiger partial charge in [0.2, 0.25) is 0 Å². The van der Waals surface area contributed by atoms with Crippen LogP contribution in [0.1, 0.15) is 51.8 Å². The van der Waals surface area contributed by atoms with Crippen molar-refractivity contribution in [1.29, 1.82) is 5.26 Å². The molecule has 0 aliphatic rings. The molecule has 0 amide bonds. The third-order valence-electron chi connectivity index (χ3n) is 9.79.